The summed E-state index contributed by atoms with van der Waals surface area (Å²) in [5.74, 6) is 0. The lowest BCUT2D eigenvalue weighted by Gasteiger charge is -2.28. The fourth-order valence-electron chi connectivity index (χ4n) is 19.3. The molecular formula is C111H84N4. The molecular weight excluding hydrogens is 1390 g/mol. The van der Waals surface area contributed by atoms with E-state index in [0.29, 0.717) is 0 Å². The Hall–Kier alpha value is -14.1. The van der Waals surface area contributed by atoms with Gasteiger partial charge in [-0.05, 0) is 251 Å². The highest BCUT2D eigenvalue weighted by atomic mass is 15.1. The number of para-hydroxylation sites is 4. The SMILES string of the molecule is CC1(C)c2ccccc2-c2cc(-c3ccc(N(c4ccc(-c5ccc6c(c5)c5ccccc5n6-c5ccccc5)cc4)c4ccc5c(c4)C(C)(C)c4ccccc4-5)cc3)ccc21.CC1(C)c2ccccc2-c2cc(N(c3ccc(-c4ccccc4)cc3)c3ccc(-c4ccc5c(c4)c4ccccc4n5-c4ccccc4)cc3)ccc21. The molecule has 0 saturated heterocycles. The number of aromatic nitrogens is 2. The minimum absolute atomic E-state index is 0.00824. The Kier molecular flexibility index (Phi) is 16.3. The smallest absolute Gasteiger partial charge is 0.0541 e. The zero-order valence-electron chi connectivity index (χ0n) is 65.4. The second kappa shape index (κ2) is 27.1. The minimum Gasteiger partial charge on any atom is -0.310 e. The third-order valence-corrected chi connectivity index (χ3v) is 25.2. The number of nitrogens with zero attached hydrogens (tertiary/aromatic N) is 4. The van der Waals surface area contributed by atoms with Gasteiger partial charge in [-0.15, -0.1) is 0 Å². The van der Waals surface area contributed by atoms with Crippen molar-refractivity contribution >= 4 is 77.7 Å². The standard InChI is InChI=1S/C60H46N2.C51H38N2/c1-59(2)54-20-12-9-17-48(54)51-36-41(26-34-55(51)59)39-22-28-44(29-23-39)61(46-32-33-49-47-16-8-11-19-53(47)60(3,4)56(49)38-46)45-30-24-40(25-31-45)42-27-35-58-52(37-42)50-18-10-13-21-57(50)62(58)43-14-6-5-7-15-43;1-51(2)47-19-11-9-17-43(47)45-34-42(30-31-48(45)51)52(40-26-21-36(22-27-40)35-13-5-3-6-14-35)41-28-23-37(24-29-41)38-25-32-50-46(33-38)44-18-10-12-20-49(44)53(50)39-15-7-4-8-16-39/h5-38H,1-4H3;3-34H,1-2H3. The largest absolute Gasteiger partial charge is 0.310 e. The van der Waals surface area contributed by atoms with Crippen LogP contribution in [-0.4, -0.2) is 9.13 Å². The van der Waals surface area contributed by atoms with Gasteiger partial charge in [-0.25, -0.2) is 0 Å². The number of anilines is 6. The maximum Gasteiger partial charge on any atom is 0.0541 e. The van der Waals surface area contributed by atoms with Gasteiger partial charge in [0.2, 0.25) is 0 Å². The van der Waals surface area contributed by atoms with Crippen molar-refractivity contribution in [1.82, 2.24) is 9.13 Å². The van der Waals surface area contributed by atoms with Gasteiger partial charge < -0.3 is 18.9 Å². The molecule has 0 amide bonds. The molecule has 4 nitrogen and oxygen atoms in total. The molecule has 115 heavy (non-hydrogen) atoms. The van der Waals surface area contributed by atoms with Gasteiger partial charge in [0, 0.05) is 83.3 Å². The maximum atomic E-state index is 2.42. The third kappa shape index (κ3) is 11.4. The second-order valence-corrected chi connectivity index (χ2v) is 32.8. The van der Waals surface area contributed by atoms with E-state index in [1.807, 2.05) is 0 Å². The van der Waals surface area contributed by atoms with Crippen LogP contribution in [0.15, 0.2) is 400 Å². The van der Waals surface area contributed by atoms with Crippen LogP contribution in [0.4, 0.5) is 34.1 Å². The highest BCUT2D eigenvalue weighted by Crippen LogP contribution is 2.55. The molecule has 4 heteroatoms. The molecule has 2 aromatic heterocycles. The average Bonchev–Trinajstić information content (AvgIpc) is 1.61. The topological polar surface area (TPSA) is 16.3 Å². The summed E-state index contributed by atoms with van der Waals surface area (Å²) in [5, 5.41) is 5.03. The predicted molar refractivity (Wildman–Crippen MR) is 485 cm³/mol. The van der Waals surface area contributed by atoms with E-state index in [4.69, 9.17) is 0 Å². The Morgan fingerprint density at radius 2 is 0.452 bits per heavy atom. The fourth-order valence-corrected chi connectivity index (χ4v) is 19.3. The lowest BCUT2D eigenvalue weighted by atomic mass is 9.82. The summed E-state index contributed by atoms with van der Waals surface area (Å²) in [6.07, 6.45) is 0. The molecule has 0 spiro atoms. The lowest BCUT2D eigenvalue weighted by Crippen LogP contribution is -2.16. The summed E-state index contributed by atoms with van der Waals surface area (Å²) < 4.78 is 4.75. The normalized spacial score (nSPS) is 13.5. The summed E-state index contributed by atoms with van der Waals surface area (Å²) in [5.41, 5.74) is 39.8. The van der Waals surface area contributed by atoms with Gasteiger partial charge in [-0.1, -0.05) is 302 Å². The number of benzene rings is 17. The first-order valence-corrected chi connectivity index (χ1v) is 40.3. The van der Waals surface area contributed by atoms with Crippen LogP contribution >= 0.6 is 0 Å². The van der Waals surface area contributed by atoms with Gasteiger partial charge in [0.15, 0.2) is 0 Å². The van der Waals surface area contributed by atoms with Gasteiger partial charge in [-0.3, -0.25) is 0 Å². The molecule has 19 aromatic rings. The molecule has 0 bridgehead atoms. The molecule has 3 aliphatic rings. The molecule has 0 radical (unpaired) electrons. The van der Waals surface area contributed by atoms with Crippen LogP contribution in [0.2, 0.25) is 0 Å². The Morgan fingerprint density at radius 1 is 0.174 bits per heavy atom. The molecule has 3 aliphatic carbocycles. The zero-order valence-corrected chi connectivity index (χ0v) is 65.4. The van der Waals surface area contributed by atoms with Crippen LogP contribution in [0.5, 0.6) is 0 Å². The lowest BCUT2D eigenvalue weighted by molar-refractivity contribution is 0.660. The molecule has 0 unspecified atom stereocenters. The first kappa shape index (κ1) is 68.9. The van der Waals surface area contributed by atoms with E-state index < -0.39 is 0 Å². The van der Waals surface area contributed by atoms with E-state index >= 15 is 0 Å². The van der Waals surface area contributed by atoms with Crippen LogP contribution in [0.3, 0.4) is 0 Å². The zero-order chi connectivity index (χ0) is 77.3. The highest BCUT2D eigenvalue weighted by molar-refractivity contribution is 6.12. The van der Waals surface area contributed by atoms with Crippen LogP contribution in [-0.2, 0) is 16.2 Å². The van der Waals surface area contributed by atoms with Crippen molar-refractivity contribution in [2.24, 2.45) is 0 Å². The van der Waals surface area contributed by atoms with Crippen molar-refractivity contribution in [2.45, 2.75) is 57.8 Å². The van der Waals surface area contributed by atoms with Crippen molar-refractivity contribution in [2.75, 3.05) is 9.80 Å². The molecule has 0 atom stereocenters. The Labute approximate surface area is 673 Å². The van der Waals surface area contributed by atoms with Gasteiger partial charge in [0.25, 0.3) is 0 Å². The second-order valence-electron chi connectivity index (χ2n) is 32.8. The Morgan fingerprint density at radius 3 is 0.904 bits per heavy atom. The number of hydrogen-bond acceptors (Lipinski definition) is 2. The van der Waals surface area contributed by atoms with E-state index in [0.717, 1.165) is 34.1 Å². The van der Waals surface area contributed by atoms with E-state index in [1.54, 1.807) is 0 Å². The van der Waals surface area contributed by atoms with Crippen molar-refractivity contribution in [1.29, 1.82) is 0 Å². The van der Waals surface area contributed by atoms with Crippen molar-refractivity contribution < 1.29 is 0 Å². The summed E-state index contributed by atoms with van der Waals surface area (Å²) in [6.45, 7) is 14.1. The summed E-state index contributed by atoms with van der Waals surface area (Å²) in [7, 11) is 0. The van der Waals surface area contributed by atoms with Crippen molar-refractivity contribution in [3.05, 3.63) is 434 Å². The summed E-state index contributed by atoms with van der Waals surface area (Å²) >= 11 is 0. The van der Waals surface area contributed by atoms with Crippen LogP contribution in [0, 0.1) is 0 Å². The first-order valence-electron chi connectivity index (χ1n) is 40.3. The molecule has 0 saturated carbocycles. The predicted octanol–water partition coefficient (Wildman–Crippen LogP) is 30.1. The van der Waals surface area contributed by atoms with Crippen LogP contribution < -0.4 is 9.80 Å². The summed E-state index contributed by atoms with van der Waals surface area (Å²) in [6, 6.07) is 147. The maximum absolute atomic E-state index is 2.42. The molecule has 0 aliphatic heterocycles. The highest BCUT2D eigenvalue weighted by Gasteiger charge is 2.39. The monoisotopic (exact) mass is 1470 g/mol. The molecule has 22 rings (SSSR count). The molecule has 17 aromatic carbocycles. The third-order valence-electron chi connectivity index (χ3n) is 25.2. The van der Waals surface area contributed by atoms with Crippen molar-refractivity contribution in [3.8, 4) is 89.3 Å². The summed E-state index contributed by atoms with van der Waals surface area (Å²) in [4.78, 5) is 4.81. The number of rotatable bonds is 12. The quantitative estimate of drug-likeness (QED) is 0.121. The van der Waals surface area contributed by atoms with E-state index in [2.05, 4.69) is 461 Å². The fraction of sp³-hybridized carbons (Fsp3) is 0.0811. The average molecular weight is 1470 g/mol. The van der Waals surface area contributed by atoms with Gasteiger partial charge in [0.05, 0.1) is 22.1 Å². The van der Waals surface area contributed by atoms with Crippen LogP contribution in [0.1, 0.15) is 74.9 Å². The van der Waals surface area contributed by atoms with E-state index in [1.165, 1.54) is 166 Å². The Balaban J connectivity index is 0.000000146. The number of hydrogen-bond donors (Lipinski definition) is 0. The van der Waals surface area contributed by atoms with Crippen LogP contribution in [0.25, 0.3) is 133 Å². The molecule has 2 heterocycles. The van der Waals surface area contributed by atoms with E-state index in [-0.39, 0.29) is 16.2 Å². The first-order chi connectivity index (χ1) is 56.3. The molecule has 548 valence electrons. The Bertz CT molecular complexity index is 7000. The van der Waals surface area contributed by atoms with Gasteiger partial charge in [0.1, 0.15) is 0 Å². The van der Waals surface area contributed by atoms with E-state index in [9.17, 15) is 0 Å². The van der Waals surface area contributed by atoms with Crippen molar-refractivity contribution in [3.63, 3.8) is 0 Å². The molecule has 0 N–H and O–H groups in total. The van der Waals surface area contributed by atoms with Gasteiger partial charge >= 0.3 is 0 Å². The minimum atomic E-state index is -0.107. The molecule has 0 fully saturated rings. The number of fused-ring (bicyclic) bond motifs is 15. The van der Waals surface area contributed by atoms with Gasteiger partial charge in [-0.2, -0.15) is 0 Å².